The van der Waals surface area contributed by atoms with Crippen LogP contribution in [0.3, 0.4) is 0 Å². The van der Waals surface area contributed by atoms with Gasteiger partial charge in [-0.1, -0.05) is 49.6 Å². The van der Waals surface area contributed by atoms with E-state index in [0.29, 0.717) is 11.7 Å². The summed E-state index contributed by atoms with van der Waals surface area (Å²) in [5.74, 6) is 0.724. The molecule has 2 rings (SSSR count). The molecular weight excluding hydrogens is 208 g/mol. The molecule has 0 N–H and O–H groups in total. The highest BCUT2D eigenvalue weighted by Crippen LogP contribution is 2.33. The summed E-state index contributed by atoms with van der Waals surface area (Å²) in [6, 6.07) is 10.2. The van der Waals surface area contributed by atoms with E-state index >= 15 is 0 Å². The number of hydrogen-bond acceptors (Lipinski definition) is 1. The van der Waals surface area contributed by atoms with Crippen molar-refractivity contribution in [2.24, 2.45) is 5.92 Å². The molecule has 1 aliphatic carbocycles. The highest BCUT2D eigenvalue weighted by Gasteiger charge is 2.35. The first-order chi connectivity index (χ1) is 8.12. The zero-order chi connectivity index (χ0) is 12.3. The van der Waals surface area contributed by atoms with E-state index in [4.69, 9.17) is 0 Å². The van der Waals surface area contributed by atoms with E-state index in [9.17, 15) is 4.79 Å². The maximum absolute atomic E-state index is 12.6. The van der Waals surface area contributed by atoms with Crippen LogP contribution < -0.4 is 0 Å². The third-order valence-corrected chi connectivity index (χ3v) is 4.09. The second kappa shape index (κ2) is 5.03. The lowest BCUT2D eigenvalue weighted by atomic mass is 9.72. The minimum absolute atomic E-state index is 0.291. The third kappa shape index (κ3) is 2.59. The highest BCUT2D eigenvalue weighted by atomic mass is 16.1. The second-order valence-electron chi connectivity index (χ2n) is 5.69. The Hall–Kier alpha value is -1.11. The van der Waals surface area contributed by atoms with Crippen LogP contribution in [0.25, 0.3) is 0 Å². The molecule has 0 spiro atoms. The van der Waals surface area contributed by atoms with Crippen molar-refractivity contribution in [1.82, 2.24) is 0 Å². The molecule has 1 aliphatic rings. The molecule has 1 saturated carbocycles. The summed E-state index contributed by atoms with van der Waals surface area (Å²) in [7, 11) is 0. The van der Waals surface area contributed by atoms with E-state index in [-0.39, 0.29) is 5.41 Å². The standard InChI is InChI=1S/C16H22O/c1-16(2,14-11-7-4-8-12-14)15(17)13-9-5-3-6-10-13/h4,7-8,11-13H,3,5-6,9-10H2,1-2H3. The summed E-state index contributed by atoms with van der Waals surface area (Å²) in [5, 5.41) is 0. The molecule has 0 bridgehead atoms. The highest BCUT2D eigenvalue weighted by molar-refractivity contribution is 5.91. The van der Waals surface area contributed by atoms with Gasteiger partial charge in [0.25, 0.3) is 0 Å². The lowest BCUT2D eigenvalue weighted by Crippen LogP contribution is -2.35. The number of carbonyl (C=O) groups is 1. The fourth-order valence-electron chi connectivity index (χ4n) is 2.87. The van der Waals surface area contributed by atoms with E-state index in [1.165, 1.54) is 19.3 Å². The topological polar surface area (TPSA) is 17.1 Å². The Kier molecular flexibility index (Phi) is 3.66. The first-order valence-electron chi connectivity index (χ1n) is 6.72. The van der Waals surface area contributed by atoms with E-state index in [1.807, 2.05) is 18.2 Å². The van der Waals surface area contributed by atoms with E-state index in [1.54, 1.807) is 0 Å². The summed E-state index contributed by atoms with van der Waals surface area (Å²) in [6.07, 6.45) is 5.93. The molecule has 0 aromatic heterocycles. The van der Waals surface area contributed by atoms with Gasteiger partial charge in [0.2, 0.25) is 0 Å². The fraction of sp³-hybridized carbons (Fsp3) is 0.562. The van der Waals surface area contributed by atoms with Crippen LogP contribution in [-0.2, 0) is 10.2 Å². The van der Waals surface area contributed by atoms with Crippen LogP contribution in [0, 0.1) is 5.92 Å². The Morgan fingerprint density at radius 3 is 2.24 bits per heavy atom. The van der Waals surface area contributed by atoms with Crippen molar-refractivity contribution in [2.75, 3.05) is 0 Å². The van der Waals surface area contributed by atoms with Gasteiger partial charge in [0.1, 0.15) is 5.78 Å². The van der Waals surface area contributed by atoms with Gasteiger partial charge in [-0.15, -0.1) is 0 Å². The second-order valence-corrected chi connectivity index (χ2v) is 5.69. The van der Waals surface area contributed by atoms with Gasteiger partial charge in [-0.2, -0.15) is 0 Å². The maximum atomic E-state index is 12.6. The van der Waals surface area contributed by atoms with Crippen molar-refractivity contribution in [2.45, 2.75) is 51.4 Å². The van der Waals surface area contributed by atoms with Crippen LogP contribution in [0.1, 0.15) is 51.5 Å². The SMILES string of the molecule is CC(C)(C(=O)C1CCCCC1)c1ccccc1. The van der Waals surface area contributed by atoms with Gasteiger partial charge in [-0.05, 0) is 32.3 Å². The Bertz CT molecular complexity index is 372. The molecule has 0 saturated heterocycles. The van der Waals surface area contributed by atoms with Crippen LogP contribution in [-0.4, -0.2) is 5.78 Å². The molecule has 17 heavy (non-hydrogen) atoms. The third-order valence-electron chi connectivity index (χ3n) is 4.09. The molecule has 1 aromatic carbocycles. The van der Waals surface area contributed by atoms with Gasteiger partial charge in [0, 0.05) is 11.3 Å². The average Bonchev–Trinajstić information content (AvgIpc) is 2.40. The van der Waals surface area contributed by atoms with Crippen molar-refractivity contribution in [3.63, 3.8) is 0 Å². The Morgan fingerprint density at radius 1 is 1.06 bits per heavy atom. The lowest BCUT2D eigenvalue weighted by molar-refractivity contribution is -0.128. The van der Waals surface area contributed by atoms with Crippen LogP contribution in [0.4, 0.5) is 0 Å². The van der Waals surface area contributed by atoms with E-state index in [0.717, 1.165) is 18.4 Å². The lowest BCUT2D eigenvalue weighted by Gasteiger charge is -2.30. The molecule has 92 valence electrons. The number of ketones is 1. The number of benzene rings is 1. The predicted molar refractivity (Wildman–Crippen MR) is 71.1 cm³/mol. The van der Waals surface area contributed by atoms with Gasteiger partial charge in [0.15, 0.2) is 0 Å². The summed E-state index contributed by atoms with van der Waals surface area (Å²) in [6.45, 7) is 4.14. The minimum Gasteiger partial charge on any atom is -0.298 e. The molecule has 0 aliphatic heterocycles. The van der Waals surface area contributed by atoms with Gasteiger partial charge in [-0.25, -0.2) is 0 Å². The van der Waals surface area contributed by atoms with Crippen molar-refractivity contribution >= 4 is 5.78 Å². The molecule has 1 heteroatoms. The fourth-order valence-corrected chi connectivity index (χ4v) is 2.87. The van der Waals surface area contributed by atoms with Crippen LogP contribution in [0.2, 0.25) is 0 Å². The molecule has 0 unspecified atom stereocenters. The van der Waals surface area contributed by atoms with Crippen LogP contribution in [0.15, 0.2) is 30.3 Å². The first kappa shape index (κ1) is 12.3. The molecule has 1 aromatic rings. The van der Waals surface area contributed by atoms with Gasteiger partial charge >= 0.3 is 0 Å². The maximum Gasteiger partial charge on any atom is 0.145 e. The molecule has 0 radical (unpaired) electrons. The van der Waals surface area contributed by atoms with Crippen molar-refractivity contribution in [1.29, 1.82) is 0 Å². The molecule has 1 fully saturated rings. The van der Waals surface area contributed by atoms with E-state index < -0.39 is 0 Å². The van der Waals surface area contributed by atoms with Gasteiger partial charge in [0.05, 0.1) is 0 Å². The normalized spacial score (nSPS) is 18.0. The largest absolute Gasteiger partial charge is 0.298 e. The number of hydrogen-bond donors (Lipinski definition) is 0. The Balaban J connectivity index is 2.17. The number of carbonyl (C=O) groups excluding carboxylic acids is 1. The zero-order valence-electron chi connectivity index (χ0n) is 10.9. The monoisotopic (exact) mass is 230 g/mol. The predicted octanol–water partition coefficient (Wildman–Crippen LogP) is 4.11. The van der Waals surface area contributed by atoms with Crippen LogP contribution in [0.5, 0.6) is 0 Å². The Morgan fingerprint density at radius 2 is 1.65 bits per heavy atom. The molecular formula is C16H22O. The summed E-state index contributed by atoms with van der Waals surface area (Å²) >= 11 is 0. The zero-order valence-corrected chi connectivity index (χ0v) is 10.9. The van der Waals surface area contributed by atoms with Crippen molar-refractivity contribution < 1.29 is 4.79 Å². The molecule has 0 amide bonds. The average molecular weight is 230 g/mol. The molecule has 0 atom stereocenters. The summed E-state index contributed by atoms with van der Waals surface area (Å²) in [4.78, 5) is 12.6. The van der Waals surface area contributed by atoms with Gasteiger partial charge < -0.3 is 0 Å². The quantitative estimate of drug-likeness (QED) is 0.763. The molecule has 0 heterocycles. The molecule has 1 nitrogen and oxygen atoms in total. The van der Waals surface area contributed by atoms with E-state index in [2.05, 4.69) is 26.0 Å². The summed E-state index contributed by atoms with van der Waals surface area (Å²) < 4.78 is 0. The van der Waals surface area contributed by atoms with Crippen LogP contribution >= 0.6 is 0 Å². The number of rotatable bonds is 3. The summed E-state index contributed by atoms with van der Waals surface area (Å²) in [5.41, 5.74) is 0.819. The van der Waals surface area contributed by atoms with Gasteiger partial charge in [-0.3, -0.25) is 4.79 Å². The van der Waals surface area contributed by atoms with Crippen molar-refractivity contribution in [3.05, 3.63) is 35.9 Å². The first-order valence-corrected chi connectivity index (χ1v) is 6.72. The number of Topliss-reactive ketones (excluding diaryl/α,β-unsaturated/α-hetero) is 1. The Labute approximate surface area is 104 Å². The minimum atomic E-state index is -0.330. The smallest absolute Gasteiger partial charge is 0.145 e. The van der Waals surface area contributed by atoms with Crippen molar-refractivity contribution in [3.8, 4) is 0 Å².